The van der Waals surface area contributed by atoms with Crippen molar-refractivity contribution in [2.75, 3.05) is 26.0 Å². The molecule has 0 unspecified atom stereocenters. The summed E-state index contributed by atoms with van der Waals surface area (Å²) < 4.78 is 1.80. The number of likely N-dealkylation sites (N-methyl/N-ethyl adjacent to an activating group) is 1. The van der Waals surface area contributed by atoms with Crippen LogP contribution in [-0.2, 0) is 13.0 Å². The zero-order chi connectivity index (χ0) is 16.1. The van der Waals surface area contributed by atoms with E-state index in [1.807, 2.05) is 21.0 Å². The van der Waals surface area contributed by atoms with Gasteiger partial charge in [0, 0.05) is 25.7 Å². The minimum atomic E-state index is -0.185. The van der Waals surface area contributed by atoms with Gasteiger partial charge in [0.15, 0.2) is 0 Å². The predicted octanol–water partition coefficient (Wildman–Crippen LogP) is 1.81. The van der Waals surface area contributed by atoms with Crippen LogP contribution >= 0.6 is 11.3 Å². The van der Waals surface area contributed by atoms with Crippen molar-refractivity contribution in [1.82, 2.24) is 24.9 Å². The molecule has 8 heteroatoms. The highest BCUT2D eigenvalue weighted by atomic mass is 32.1. The first-order valence-corrected chi connectivity index (χ1v) is 8.13. The van der Waals surface area contributed by atoms with Crippen LogP contribution in [0.1, 0.15) is 34.4 Å². The van der Waals surface area contributed by atoms with Crippen molar-refractivity contribution < 1.29 is 4.79 Å². The van der Waals surface area contributed by atoms with Gasteiger partial charge < -0.3 is 4.90 Å². The molecule has 0 aromatic carbocycles. The summed E-state index contributed by atoms with van der Waals surface area (Å²) in [5.74, 6) is -0.185. The van der Waals surface area contributed by atoms with Gasteiger partial charge in [-0.15, -0.1) is 10.2 Å². The molecule has 0 radical (unpaired) electrons. The standard InChI is InChI=1S/C14H22N6OS/c1-5-7-20-9-11(10(2)18-20)13(21)15-14-17-16-12(22-14)6-8-19(3)4/h9H,5-8H2,1-4H3,(H,15,17,21). The second kappa shape index (κ2) is 7.46. The monoisotopic (exact) mass is 322 g/mol. The van der Waals surface area contributed by atoms with E-state index in [4.69, 9.17) is 0 Å². The normalized spacial score (nSPS) is 11.1. The molecule has 1 N–H and O–H groups in total. The number of nitrogens with one attached hydrogen (secondary N) is 1. The van der Waals surface area contributed by atoms with Crippen LogP contribution in [0.3, 0.4) is 0 Å². The molecule has 0 bridgehead atoms. The van der Waals surface area contributed by atoms with Gasteiger partial charge in [-0.25, -0.2) is 0 Å². The molecule has 0 fully saturated rings. The van der Waals surface area contributed by atoms with E-state index in [-0.39, 0.29) is 5.91 Å². The van der Waals surface area contributed by atoms with E-state index in [1.54, 1.807) is 10.9 Å². The van der Waals surface area contributed by atoms with Crippen molar-refractivity contribution in [1.29, 1.82) is 0 Å². The molecule has 2 aromatic heterocycles. The molecule has 0 saturated carbocycles. The van der Waals surface area contributed by atoms with Gasteiger partial charge in [-0.05, 0) is 27.4 Å². The van der Waals surface area contributed by atoms with Crippen molar-refractivity contribution >= 4 is 22.4 Å². The largest absolute Gasteiger partial charge is 0.309 e. The van der Waals surface area contributed by atoms with Crippen LogP contribution in [0.4, 0.5) is 5.13 Å². The third-order valence-corrected chi connectivity index (χ3v) is 4.00. The SMILES string of the molecule is CCCn1cc(C(=O)Nc2nnc(CCN(C)C)s2)c(C)n1. The van der Waals surface area contributed by atoms with Gasteiger partial charge >= 0.3 is 0 Å². The van der Waals surface area contributed by atoms with Gasteiger partial charge in [0.2, 0.25) is 5.13 Å². The minimum Gasteiger partial charge on any atom is -0.309 e. The molecular weight excluding hydrogens is 300 g/mol. The van der Waals surface area contributed by atoms with Crippen LogP contribution in [0.25, 0.3) is 0 Å². The van der Waals surface area contributed by atoms with Crippen molar-refractivity contribution in [3.05, 3.63) is 22.5 Å². The Kier molecular flexibility index (Phi) is 5.62. The number of carbonyl (C=O) groups excluding carboxylic acids is 1. The molecular formula is C14H22N6OS. The summed E-state index contributed by atoms with van der Waals surface area (Å²) in [6, 6.07) is 0. The number of nitrogens with zero attached hydrogens (tertiary/aromatic N) is 5. The zero-order valence-corrected chi connectivity index (χ0v) is 14.3. The third-order valence-electron chi connectivity index (χ3n) is 3.10. The topological polar surface area (TPSA) is 75.9 Å². The minimum absolute atomic E-state index is 0.185. The summed E-state index contributed by atoms with van der Waals surface area (Å²) in [7, 11) is 4.03. The number of amides is 1. The maximum absolute atomic E-state index is 12.3. The fourth-order valence-corrected chi connectivity index (χ4v) is 2.70. The van der Waals surface area contributed by atoms with Crippen LogP contribution in [0.5, 0.6) is 0 Å². The molecule has 2 aromatic rings. The molecule has 0 aliphatic rings. The second-order valence-electron chi connectivity index (χ2n) is 5.40. The lowest BCUT2D eigenvalue weighted by Crippen LogP contribution is -2.14. The average molecular weight is 322 g/mol. The van der Waals surface area contributed by atoms with Crippen LogP contribution in [0.2, 0.25) is 0 Å². The van der Waals surface area contributed by atoms with Gasteiger partial charge in [0.1, 0.15) is 5.01 Å². The molecule has 1 amide bonds. The summed E-state index contributed by atoms with van der Waals surface area (Å²) in [5, 5.41) is 16.7. The number of hydrogen-bond acceptors (Lipinski definition) is 6. The first-order chi connectivity index (χ1) is 10.5. The Balaban J connectivity index is 1.99. The second-order valence-corrected chi connectivity index (χ2v) is 6.46. The number of aryl methyl sites for hydroxylation is 2. The third kappa shape index (κ3) is 4.35. The van der Waals surface area contributed by atoms with E-state index < -0.39 is 0 Å². The molecule has 2 heterocycles. The zero-order valence-electron chi connectivity index (χ0n) is 13.5. The quantitative estimate of drug-likeness (QED) is 0.841. The van der Waals surface area contributed by atoms with E-state index in [0.717, 1.165) is 36.6 Å². The first-order valence-electron chi connectivity index (χ1n) is 7.32. The lowest BCUT2D eigenvalue weighted by Gasteiger charge is -2.05. The Bertz CT molecular complexity index is 633. The van der Waals surface area contributed by atoms with Gasteiger partial charge in [0.25, 0.3) is 5.91 Å². The van der Waals surface area contributed by atoms with E-state index in [2.05, 4.69) is 32.4 Å². The molecule has 0 saturated heterocycles. The summed E-state index contributed by atoms with van der Waals surface area (Å²) in [6.07, 6.45) is 3.59. The van der Waals surface area contributed by atoms with E-state index in [9.17, 15) is 4.79 Å². The number of rotatable bonds is 7. The highest BCUT2D eigenvalue weighted by Crippen LogP contribution is 2.17. The average Bonchev–Trinajstić information content (AvgIpc) is 3.04. The highest BCUT2D eigenvalue weighted by Gasteiger charge is 2.15. The summed E-state index contributed by atoms with van der Waals surface area (Å²) >= 11 is 1.41. The lowest BCUT2D eigenvalue weighted by atomic mass is 10.2. The van der Waals surface area contributed by atoms with Crippen molar-refractivity contribution in [2.24, 2.45) is 0 Å². The van der Waals surface area contributed by atoms with Gasteiger partial charge in [-0.3, -0.25) is 14.8 Å². The summed E-state index contributed by atoms with van der Waals surface area (Å²) in [4.78, 5) is 14.4. The van der Waals surface area contributed by atoms with Crippen LogP contribution in [0, 0.1) is 6.92 Å². The van der Waals surface area contributed by atoms with E-state index >= 15 is 0 Å². The smallest absolute Gasteiger partial charge is 0.260 e. The number of aromatic nitrogens is 4. The molecule has 0 spiro atoms. The Hall–Kier alpha value is -1.80. The van der Waals surface area contributed by atoms with E-state index in [0.29, 0.717) is 10.7 Å². The van der Waals surface area contributed by atoms with Gasteiger partial charge in [-0.1, -0.05) is 18.3 Å². The fourth-order valence-electron chi connectivity index (χ4n) is 1.97. The molecule has 0 atom stereocenters. The molecule has 22 heavy (non-hydrogen) atoms. The Morgan fingerprint density at radius 3 is 2.86 bits per heavy atom. The predicted molar refractivity (Wildman–Crippen MR) is 87.4 cm³/mol. The molecule has 0 aliphatic heterocycles. The lowest BCUT2D eigenvalue weighted by molar-refractivity contribution is 0.102. The molecule has 7 nitrogen and oxygen atoms in total. The molecule has 0 aliphatic carbocycles. The summed E-state index contributed by atoms with van der Waals surface area (Å²) in [6.45, 7) is 5.63. The van der Waals surface area contributed by atoms with Crippen molar-refractivity contribution in [3.8, 4) is 0 Å². The Morgan fingerprint density at radius 2 is 2.18 bits per heavy atom. The summed E-state index contributed by atoms with van der Waals surface area (Å²) in [5.41, 5.74) is 1.31. The maximum Gasteiger partial charge on any atom is 0.260 e. The van der Waals surface area contributed by atoms with Crippen LogP contribution in [0.15, 0.2) is 6.20 Å². The first kappa shape index (κ1) is 16.6. The number of hydrogen-bond donors (Lipinski definition) is 1. The van der Waals surface area contributed by atoms with Crippen molar-refractivity contribution in [2.45, 2.75) is 33.2 Å². The van der Waals surface area contributed by atoms with E-state index in [1.165, 1.54) is 11.3 Å². The molecule has 120 valence electrons. The number of anilines is 1. The maximum atomic E-state index is 12.3. The highest BCUT2D eigenvalue weighted by molar-refractivity contribution is 7.15. The van der Waals surface area contributed by atoms with Crippen LogP contribution < -0.4 is 5.32 Å². The fraction of sp³-hybridized carbons (Fsp3) is 0.571. The molecule has 2 rings (SSSR count). The number of carbonyl (C=O) groups is 1. The van der Waals surface area contributed by atoms with Crippen molar-refractivity contribution in [3.63, 3.8) is 0 Å². The van der Waals surface area contributed by atoms with Crippen LogP contribution in [-0.4, -0.2) is 51.4 Å². The van der Waals surface area contributed by atoms with Gasteiger partial charge in [-0.2, -0.15) is 5.10 Å². The Morgan fingerprint density at radius 1 is 1.41 bits per heavy atom. The van der Waals surface area contributed by atoms with Gasteiger partial charge in [0.05, 0.1) is 11.3 Å². The Labute approximate surface area is 134 Å².